The zero-order valence-corrected chi connectivity index (χ0v) is 10.7. The maximum Gasteiger partial charge on any atom is 0.225 e. The Morgan fingerprint density at radius 3 is 3.00 bits per heavy atom. The maximum absolute atomic E-state index is 11.7. The van der Waals surface area contributed by atoms with Crippen molar-refractivity contribution in [3.05, 3.63) is 48.3 Å². The van der Waals surface area contributed by atoms with Gasteiger partial charge in [0.05, 0.1) is 11.7 Å². The molecule has 0 saturated heterocycles. The number of aromatic nitrogens is 4. The third kappa shape index (κ3) is 2.80. The summed E-state index contributed by atoms with van der Waals surface area (Å²) in [7, 11) is 0. The van der Waals surface area contributed by atoms with Crippen molar-refractivity contribution in [2.45, 2.75) is 12.8 Å². The zero-order valence-electron chi connectivity index (χ0n) is 10.7. The molecule has 3 rings (SSSR count). The van der Waals surface area contributed by atoms with Crippen LogP contribution in [0.3, 0.4) is 0 Å². The van der Waals surface area contributed by atoms with E-state index in [1.54, 1.807) is 0 Å². The van der Waals surface area contributed by atoms with Gasteiger partial charge < -0.3 is 5.32 Å². The van der Waals surface area contributed by atoms with E-state index in [4.69, 9.17) is 0 Å². The third-order valence-electron chi connectivity index (χ3n) is 2.97. The van der Waals surface area contributed by atoms with Gasteiger partial charge in [-0.3, -0.25) is 9.78 Å². The minimum absolute atomic E-state index is 0.0907. The van der Waals surface area contributed by atoms with E-state index in [2.05, 4.69) is 31.8 Å². The van der Waals surface area contributed by atoms with E-state index in [-0.39, 0.29) is 5.91 Å². The summed E-state index contributed by atoms with van der Waals surface area (Å²) >= 11 is 0. The van der Waals surface area contributed by atoms with E-state index in [0.29, 0.717) is 18.7 Å². The van der Waals surface area contributed by atoms with Crippen LogP contribution in [0.4, 0.5) is 5.82 Å². The van der Waals surface area contributed by atoms with E-state index in [1.807, 2.05) is 30.5 Å². The van der Waals surface area contributed by atoms with E-state index in [1.165, 1.54) is 6.20 Å². The second kappa shape index (κ2) is 5.48. The van der Waals surface area contributed by atoms with E-state index in [0.717, 1.165) is 16.5 Å². The SMILES string of the molecule is O=C(CCc1cnc2ccccc2c1)Nc1cn[nH]n1. The summed E-state index contributed by atoms with van der Waals surface area (Å²) in [6, 6.07) is 9.98. The molecule has 0 unspecified atom stereocenters. The molecule has 2 heterocycles. The molecule has 20 heavy (non-hydrogen) atoms. The monoisotopic (exact) mass is 267 g/mol. The van der Waals surface area contributed by atoms with Gasteiger partial charge in [-0.15, -0.1) is 5.10 Å². The Morgan fingerprint density at radius 2 is 2.15 bits per heavy atom. The molecule has 0 aliphatic rings. The van der Waals surface area contributed by atoms with Crippen LogP contribution in [0.25, 0.3) is 10.9 Å². The number of rotatable bonds is 4. The van der Waals surface area contributed by atoms with Crippen molar-refractivity contribution in [1.82, 2.24) is 20.4 Å². The molecule has 6 heteroatoms. The van der Waals surface area contributed by atoms with Crippen LogP contribution in [0.5, 0.6) is 0 Å². The number of carbonyl (C=O) groups is 1. The molecule has 0 spiro atoms. The first-order valence-electron chi connectivity index (χ1n) is 6.30. The first-order valence-corrected chi connectivity index (χ1v) is 6.30. The lowest BCUT2D eigenvalue weighted by Gasteiger charge is -2.03. The Balaban J connectivity index is 1.63. The number of nitrogens with one attached hydrogen (secondary N) is 2. The van der Waals surface area contributed by atoms with Crippen molar-refractivity contribution < 1.29 is 4.79 Å². The van der Waals surface area contributed by atoms with E-state index < -0.39 is 0 Å². The molecule has 100 valence electrons. The standard InChI is InChI=1S/C14H13N5O/c20-14(17-13-9-16-19-18-13)6-5-10-7-11-3-1-2-4-12(11)15-8-10/h1-4,7-9H,5-6H2,(H2,16,17,18,19,20). The van der Waals surface area contributed by atoms with Crippen molar-refractivity contribution in [3.8, 4) is 0 Å². The van der Waals surface area contributed by atoms with Crippen LogP contribution in [0.1, 0.15) is 12.0 Å². The average Bonchev–Trinajstić information content (AvgIpc) is 2.98. The van der Waals surface area contributed by atoms with Crippen LogP contribution >= 0.6 is 0 Å². The smallest absolute Gasteiger partial charge is 0.225 e. The summed E-state index contributed by atoms with van der Waals surface area (Å²) in [5.74, 6) is 0.346. The number of aromatic amines is 1. The number of benzene rings is 1. The van der Waals surface area contributed by atoms with Gasteiger partial charge in [-0.05, 0) is 24.1 Å². The highest BCUT2D eigenvalue weighted by atomic mass is 16.1. The number of H-pyrrole nitrogens is 1. The van der Waals surface area contributed by atoms with Crippen LogP contribution in [-0.2, 0) is 11.2 Å². The molecule has 0 aliphatic carbocycles. The number of pyridine rings is 1. The molecule has 6 nitrogen and oxygen atoms in total. The van der Waals surface area contributed by atoms with Crippen molar-refractivity contribution in [1.29, 1.82) is 0 Å². The number of nitrogens with zero attached hydrogens (tertiary/aromatic N) is 3. The Hall–Kier alpha value is -2.76. The Bertz CT molecular complexity index is 723. The summed E-state index contributed by atoms with van der Waals surface area (Å²) in [4.78, 5) is 16.1. The fourth-order valence-electron chi connectivity index (χ4n) is 1.98. The number of hydrogen-bond donors (Lipinski definition) is 2. The zero-order chi connectivity index (χ0) is 13.8. The van der Waals surface area contributed by atoms with Crippen molar-refractivity contribution in [2.75, 3.05) is 5.32 Å². The highest BCUT2D eigenvalue weighted by Gasteiger charge is 2.05. The first-order chi connectivity index (χ1) is 9.81. The quantitative estimate of drug-likeness (QED) is 0.756. The van der Waals surface area contributed by atoms with Gasteiger partial charge in [0, 0.05) is 18.0 Å². The Labute approximate surface area is 115 Å². The summed E-state index contributed by atoms with van der Waals surface area (Å²) < 4.78 is 0. The molecule has 0 aliphatic heterocycles. The van der Waals surface area contributed by atoms with Crippen LogP contribution in [0.2, 0.25) is 0 Å². The van der Waals surface area contributed by atoms with Gasteiger partial charge in [-0.25, -0.2) is 0 Å². The summed E-state index contributed by atoms with van der Waals surface area (Å²) in [5, 5.41) is 13.6. The highest BCUT2D eigenvalue weighted by molar-refractivity contribution is 5.89. The molecule has 0 radical (unpaired) electrons. The maximum atomic E-state index is 11.7. The van der Waals surface area contributed by atoms with Gasteiger partial charge in [0.1, 0.15) is 0 Å². The molecule has 3 aromatic rings. The fraction of sp³-hybridized carbons (Fsp3) is 0.143. The largest absolute Gasteiger partial charge is 0.308 e. The molecule has 0 fully saturated rings. The van der Waals surface area contributed by atoms with Crippen LogP contribution in [0.15, 0.2) is 42.7 Å². The van der Waals surface area contributed by atoms with Crippen molar-refractivity contribution >= 4 is 22.6 Å². The minimum atomic E-state index is -0.0907. The van der Waals surface area contributed by atoms with Gasteiger partial charge in [-0.1, -0.05) is 18.2 Å². The molecule has 1 aromatic carbocycles. The van der Waals surface area contributed by atoms with Crippen molar-refractivity contribution in [3.63, 3.8) is 0 Å². The van der Waals surface area contributed by atoms with E-state index in [9.17, 15) is 4.79 Å². The molecule has 2 aromatic heterocycles. The predicted molar refractivity (Wildman–Crippen MR) is 75.1 cm³/mol. The van der Waals surface area contributed by atoms with Gasteiger partial charge in [0.15, 0.2) is 5.82 Å². The number of fused-ring (bicyclic) bond motifs is 1. The number of carbonyl (C=O) groups excluding carboxylic acids is 1. The number of hydrogen-bond acceptors (Lipinski definition) is 4. The predicted octanol–water partition coefficient (Wildman–Crippen LogP) is 1.92. The van der Waals surface area contributed by atoms with Gasteiger partial charge >= 0.3 is 0 Å². The topological polar surface area (TPSA) is 83.6 Å². The molecule has 1 amide bonds. The van der Waals surface area contributed by atoms with Crippen molar-refractivity contribution in [2.24, 2.45) is 0 Å². The normalized spacial score (nSPS) is 10.6. The number of aryl methyl sites for hydroxylation is 1. The summed E-state index contributed by atoms with van der Waals surface area (Å²) in [5.41, 5.74) is 2.00. The third-order valence-corrected chi connectivity index (χ3v) is 2.97. The lowest BCUT2D eigenvalue weighted by atomic mass is 10.1. The summed E-state index contributed by atoms with van der Waals surface area (Å²) in [6.07, 6.45) is 4.30. The molecule has 0 bridgehead atoms. The second-order valence-corrected chi connectivity index (χ2v) is 4.44. The number of amides is 1. The van der Waals surface area contributed by atoms with Gasteiger partial charge in [-0.2, -0.15) is 10.3 Å². The summed E-state index contributed by atoms with van der Waals surface area (Å²) in [6.45, 7) is 0. The number of para-hydroxylation sites is 1. The first kappa shape index (κ1) is 12.3. The highest BCUT2D eigenvalue weighted by Crippen LogP contribution is 2.14. The molecule has 0 saturated carbocycles. The van der Waals surface area contributed by atoms with Gasteiger partial charge in [0.2, 0.25) is 5.91 Å². The molecule has 2 N–H and O–H groups in total. The number of anilines is 1. The minimum Gasteiger partial charge on any atom is -0.308 e. The van der Waals surface area contributed by atoms with Crippen LogP contribution < -0.4 is 5.32 Å². The lowest BCUT2D eigenvalue weighted by Crippen LogP contribution is -2.12. The van der Waals surface area contributed by atoms with Crippen LogP contribution in [-0.4, -0.2) is 26.3 Å². The average molecular weight is 267 g/mol. The Morgan fingerprint density at radius 1 is 1.25 bits per heavy atom. The van der Waals surface area contributed by atoms with Gasteiger partial charge in [0.25, 0.3) is 0 Å². The Kier molecular flexibility index (Phi) is 3.36. The van der Waals surface area contributed by atoms with E-state index >= 15 is 0 Å². The molecular weight excluding hydrogens is 254 g/mol. The van der Waals surface area contributed by atoms with Crippen LogP contribution in [0, 0.1) is 0 Å². The lowest BCUT2D eigenvalue weighted by molar-refractivity contribution is -0.116. The molecule has 0 atom stereocenters. The fourth-order valence-corrected chi connectivity index (χ4v) is 1.98. The molecular formula is C14H13N5O. The second-order valence-electron chi connectivity index (χ2n) is 4.44.